The van der Waals surface area contributed by atoms with Gasteiger partial charge in [-0.1, -0.05) is 0 Å². The van der Waals surface area contributed by atoms with E-state index in [9.17, 15) is 14.6 Å². The van der Waals surface area contributed by atoms with Crippen LogP contribution in [0.25, 0.3) is 0 Å². The number of nitrogens with one attached hydrogen (secondary N) is 1. The van der Waals surface area contributed by atoms with Crippen LogP contribution in [0.5, 0.6) is 17.2 Å². The molecule has 0 spiro atoms. The van der Waals surface area contributed by atoms with E-state index >= 15 is 0 Å². The third kappa shape index (κ3) is 2.59. The van der Waals surface area contributed by atoms with Gasteiger partial charge in [0.15, 0.2) is 11.5 Å². The molecule has 0 aliphatic carbocycles. The molecule has 5 nitrogen and oxygen atoms in total. The Balaban J connectivity index is 3.28. The minimum atomic E-state index is -1.03. The molecule has 0 heterocycles. The van der Waals surface area contributed by atoms with E-state index in [-0.39, 0.29) is 23.6 Å². The summed E-state index contributed by atoms with van der Waals surface area (Å²) < 4.78 is 23.4. The highest BCUT2D eigenvalue weighted by Gasteiger charge is 2.22. The molecule has 0 saturated carbocycles. The number of aliphatic hydroxyl groups excluding tert-OH is 1. The van der Waals surface area contributed by atoms with Gasteiger partial charge in [0, 0.05) is 12.1 Å². The van der Waals surface area contributed by atoms with Crippen molar-refractivity contribution in [2.45, 2.75) is 6.10 Å². The van der Waals surface area contributed by atoms with Crippen LogP contribution in [0.15, 0.2) is 6.07 Å². The van der Waals surface area contributed by atoms with E-state index in [0.29, 0.717) is 0 Å². The molecular weight excluding hydrogens is 229 g/mol. The number of hydrogen-bond acceptors (Lipinski definition) is 5. The zero-order valence-corrected chi connectivity index (χ0v) is 9.95. The highest BCUT2D eigenvalue weighted by molar-refractivity contribution is 5.52. The van der Waals surface area contributed by atoms with Crippen LogP contribution in [0, 0.1) is 5.82 Å². The lowest BCUT2D eigenvalue weighted by molar-refractivity contribution is 0.171. The molecule has 6 heteroatoms. The molecule has 0 amide bonds. The second-order valence-electron chi connectivity index (χ2n) is 3.44. The van der Waals surface area contributed by atoms with E-state index in [1.165, 1.54) is 20.3 Å². The zero-order chi connectivity index (χ0) is 13.0. The number of phenols is 1. The van der Waals surface area contributed by atoms with Crippen molar-refractivity contribution in [2.24, 2.45) is 0 Å². The van der Waals surface area contributed by atoms with Gasteiger partial charge in [-0.2, -0.15) is 4.39 Å². The van der Waals surface area contributed by atoms with Gasteiger partial charge in [0.1, 0.15) is 0 Å². The number of rotatable bonds is 5. The first kappa shape index (κ1) is 13.5. The van der Waals surface area contributed by atoms with E-state index in [0.717, 1.165) is 0 Å². The van der Waals surface area contributed by atoms with Gasteiger partial charge < -0.3 is 25.0 Å². The quantitative estimate of drug-likeness (QED) is 0.715. The van der Waals surface area contributed by atoms with Crippen molar-refractivity contribution in [1.82, 2.24) is 5.32 Å². The largest absolute Gasteiger partial charge is 0.504 e. The van der Waals surface area contributed by atoms with Gasteiger partial charge in [-0.15, -0.1) is 0 Å². The Morgan fingerprint density at radius 2 is 2.06 bits per heavy atom. The van der Waals surface area contributed by atoms with Gasteiger partial charge in [0.25, 0.3) is 0 Å². The monoisotopic (exact) mass is 245 g/mol. The topological polar surface area (TPSA) is 71.0 Å². The summed E-state index contributed by atoms with van der Waals surface area (Å²) in [5, 5.41) is 22.1. The molecule has 1 aromatic rings. The number of likely N-dealkylation sites (N-methyl/N-ethyl adjacent to an activating group) is 1. The van der Waals surface area contributed by atoms with Crippen LogP contribution in [0.2, 0.25) is 0 Å². The maximum absolute atomic E-state index is 13.7. The fourth-order valence-electron chi connectivity index (χ4n) is 1.52. The fraction of sp³-hybridized carbons (Fsp3) is 0.455. The number of ether oxygens (including phenoxy) is 2. The number of methoxy groups -OCH3 is 2. The van der Waals surface area contributed by atoms with Gasteiger partial charge in [-0.05, 0) is 13.1 Å². The van der Waals surface area contributed by atoms with E-state index in [4.69, 9.17) is 9.47 Å². The summed E-state index contributed by atoms with van der Waals surface area (Å²) in [5.41, 5.74) is 0.0505. The van der Waals surface area contributed by atoms with Crippen LogP contribution < -0.4 is 14.8 Å². The molecule has 0 bridgehead atoms. The smallest absolute Gasteiger partial charge is 0.210 e. The number of aliphatic hydroxyl groups is 1. The fourth-order valence-corrected chi connectivity index (χ4v) is 1.52. The molecule has 0 fully saturated rings. The summed E-state index contributed by atoms with van der Waals surface area (Å²) in [6.45, 7) is 0.183. The maximum Gasteiger partial charge on any atom is 0.210 e. The van der Waals surface area contributed by atoms with Crippen molar-refractivity contribution in [3.63, 3.8) is 0 Å². The van der Waals surface area contributed by atoms with Crippen molar-refractivity contribution in [3.05, 3.63) is 17.4 Å². The van der Waals surface area contributed by atoms with Gasteiger partial charge >= 0.3 is 0 Å². The molecule has 0 radical (unpaired) electrons. The predicted molar refractivity (Wildman–Crippen MR) is 60.1 cm³/mol. The van der Waals surface area contributed by atoms with Gasteiger partial charge in [-0.25, -0.2) is 0 Å². The molecule has 0 aliphatic rings. The lowest BCUT2D eigenvalue weighted by atomic mass is 10.1. The summed E-state index contributed by atoms with van der Waals surface area (Å²) >= 11 is 0. The Morgan fingerprint density at radius 1 is 1.41 bits per heavy atom. The summed E-state index contributed by atoms with van der Waals surface area (Å²) in [6.07, 6.45) is -1.03. The van der Waals surface area contributed by atoms with Crippen molar-refractivity contribution in [3.8, 4) is 17.2 Å². The van der Waals surface area contributed by atoms with E-state index < -0.39 is 17.7 Å². The normalized spacial score (nSPS) is 12.3. The van der Waals surface area contributed by atoms with Crippen molar-refractivity contribution < 1.29 is 24.1 Å². The van der Waals surface area contributed by atoms with Crippen LogP contribution in [0.4, 0.5) is 4.39 Å². The van der Waals surface area contributed by atoms with Gasteiger partial charge in [0.05, 0.1) is 20.3 Å². The molecule has 0 aliphatic heterocycles. The molecule has 96 valence electrons. The highest BCUT2D eigenvalue weighted by atomic mass is 19.1. The van der Waals surface area contributed by atoms with Crippen LogP contribution in [-0.4, -0.2) is 38.0 Å². The molecular formula is C11H16FNO4. The first-order chi connectivity index (χ1) is 8.06. The van der Waals surface area contributed by atoms with Crippen LogP contribution in [0.3, 0.4) is 0 Å². The Morgan fingerprint density at radius 3 is 2.53 bits per heavy atom. The standard InChI is InChI=1S/C11H16FNO4/c1-13-5-7(14)6-4-8(16-2)11(17-3)9(12)10(6)15/h4,7,13-15H,5H2,1-3H3. The first-order valence-corrected chi connectivity index (χ1v) is 5.02. The SMILES string of the molecule is CNCC(O)c1cc(OC)c(OC)c(F)c1O. The van der Waals surface area contributed by atoms with Crippen LogP contribution in [-0.2, 0) is 0 Å². The average molecular weight is 245 g/mol. The number of phenolic OH excluding ortho intramolecular Hbond substituents is 1. The van der Waals surface area contributed by atoms with Gasteiger partial charge in [-0.3, -0.25) is 0 Å². The highest BCUT2D eigenvalue weighted by Crippen LogP contribution is 2.40. The van der Waals surface area contributed by atoms with E-state index in [1.807, 2.05) is 0 Å². The summed E-state index contributed by atoms with van der Waals surface area (Å²) in [6, 6.07) is 1.35. The van der Waals surface area contributed by atoms with E-state index in [1.54, 1.807) is 7.05 Å². The summed E-state index contributed by atoms with van der Waals surface area (Å²) in [7, 11) is 4.25. The molecule has 3 N–H and O–H groups in total. The molecule has 1 atom stereocenters. The van der Waals surface area contributed by atoms with Crippen LogP contribution >= 0.6 is 0 Å². The summed E-state index contributed by atoms with van der Waals surface area (Å²) in [4.78, 5) is 0. The maximum atomic E-state index is 13.7. The Hall–Kier alpha value is -1.53. The number of halogens is 1. The molecule has 0 saturated heterocycles. The Labute approximate surface area is 98.8 Å². The van der Waals surface area contributed by atoms with Gasteiger partial charge in [0.2, 0.25) is 11.6 Å². The lowest BCUT2D eigenvalue weighted by Gasteiger charge is -2.16. The van der Waals surface area contributed by atoms with Crippen molar-refractivity contribution >= 4 is 0 Å². The molecule has 1 unspecified atom stereocenters. The minimum Gasteiger partial charge on any atom is -0.504 e. The number of aromatic hydroxyl groups is 1. The zero-order valence-electron chi connectivity index (χ0n) is 9.95. The first-order valence-electron chi connectivity index (χ1n) is 5.02. The van der Waals surface area contributed by atoms with Crippen molar-refractivity contribution in [2.75, 3.05) is 27.8 Å². The molecule has 1 aromatic carbocycles. The third-order valence-corrected chi connectivity index (χ3v) is 2.37. The second-order valence-corrected chi connectivity index (χ2v) is 3.44. The number of benzene rings is 1. The Kier molecular flexibility index (Phi) is 4.53. The third-order valence-electron chi connectivity index (χ3n) is 2.37. The molecule has 0 aromatic heterocycles. The second kappa shape index (κ2) is 5.70. The van der Waals surface area contributed by atoms with Crippen LogP contribution in [0.1, 0.15) is 11.7 Å². The number of hydrogen-bond donors (Lipinski definition) is 3. The lowest BCUT2D eigenvalue weighted by Crippen LogP contribution is -2.17. The Bertz CT molecular complexity index is 398. The molecule has 17 heavy (non-hydrogen) atoms. The predicted octanol–water partition coefficient (Wildman–Crippen LogP) is 0.801. The molecule has 1 rings (SSSR count). The minimum absolute atomic E-state index is 0.0505. The van der Waals surface area contributed by atoms with E-state index in [2.05, 4.69) is 5.32 Å². The average Bonchev–Trinajstić information content (AvgIpc) is 2.32. The van der Waals surface area contributed by atoms with Crippen molar-refractivity contribution in [1.29, 1.82) is 0 Å². The summed E-state index contributed by atoms with van der Waals surface area (Å²) in [5.74, 6) is -1.65.